The Hall–Kier alpha value is -3.31. The van der Waals surface area contributed by atoms with Crippen LogP contribution in [-0.2, 0) is 24.2 Å². The van der Waals surface area contributed by atoms with Crippen molar-refractivity contribution in [3.05, 3.63) is 89.5 Å². The van der Waals surface area contributed by atoms with Gasteiger partial charge in [-0.3, -0.25) is 4.79 Å². The van der Waals surface area contributed by atoms with Crippen molar-refractivity contribution in [3.63, 3.8) is 0 Å². The third-order valence-electron chi connectivity index (χ3n) is 4.65. The highest BCUT2D eigenvalue weighted by molar-refractivity contribution is 5.67. The maximum Gasteiger partial charge on any atom is 0.303 e. The van der Waals surface area contributed by atoms with Crippen molar-refractivity contribution < 1.29 is 24.5 Å². The minimum atomic E-state index is -0.833. The molecule has 0 atom stereocenters. The van der Waals surface area contributed by atoms with Crippen LogP contribution in [-0.4, -0.2) is 22.8 Å². The van der Waals surface area contributed by atoms with Crippen LogP contribution in [0, 0.1) is 0 Å². The molecule has 0 aliphatic rings. The van der Waals surface area contributed by atoms with E-state index in [2.05, 4.69) is 0 Å². The van der Waals surface area contributed by atoms with E-state index in [0.717, 1.165) is 29.5 Å². The summed E-state index contributed by atoms with van der Waals surface area (Å²) >= 11 is 0. The zero-order valence-electron chi connectivity index (χ0n) is 16.8. The van der Waals surface area contributed by atoms with Crippen LogP contribution in [0.1, 0.15) is 29.5 Å². The quantitative estimate of drug-likeness (QED) is 0.469. The molecular weight excluding hydrogens is 380 g/mol. The van der Waals surface area contributed by atoms with Gasteiger partial charge < -0.3 is 19.7 Å². The molecule has 3 aromatic rings. The first-order chi connectivity index (χ1) is 14.6. The summed E-state index contributed by atoms with van der Waals surface area (Å²) in [5.41, 5.74) is 3.05. The summed E-state index contributed by atoms with van der Waals surface area (Å²) in [7, 11) is 0. The lowest BCUT2D eigenvalue weighted by Gasteiger charge is -2.14. The van der Waals surface area contributed by atoms with E-state index in [4.69, 9.17) is 19.7 Å². The van der Waals surface area contributed by atoms with E-state index >= 15 is 0 Å². The number of benzene rings is 3. The van der Waals surface area contributed by atoms with Crippen molar-refractivity contribution in [3.8, 4) is 17.2 Å². The Morgan fingerprint density at radius 1 is 0.800 bits per heavy atom. The van der Waals surface area contributed by atoms with Crippen molar-refractivity contribution >= 4 is 5.97 Å². The Morgan fingerprint density at radius 3 is 2.23 bits per heavy atom. The number of aryl methyl sites for hydroxylation is 2. The van der Waals surface area contributed by atoms with Crippen LogP contribution in [0.25, 0.3) is 0 Å². The van der Waals surface area contributed by atoms with Crippen molar-refractivity contribution in [2.75, 3.05) is 6.61 Å². The van der Waals surface area contributed by atoms with Gasteiger partial charge in [0.05, 0.1) is 0 Å². The predicted octanol–water partition coefficient (Wildman–Crippen LogP) is 5.00. The molecule has 0 radical (unpaired) electrons. The molecule has 0 amide bonds. The van der Waals surface area contributed by atoms with Crippen molar-refractivity contribution in [2.24, 2.45) is 0 Å². The van der Waals surface area contributed by atoms with Crippen molar-refractivity contribution in [1.29, 1.82) is 0 Å². The average Bonchev–Trinajstić information content (AvgIpc) is 2.77. The molecule has 156 valence electrons. The molecule has 0 aliphatic heterocycles. The van der Waals surface area contributed by atoms with E-state index in [1.165, 1.54) is 0 Å². The van der Waals surface area contributed by atoms with Crippen LogP contribution in [0.5, 0.6) is 17.2 Å². The lowest BCUT2D eigenvalue weighted by atomic mass is 10.1. The van der Waals surface area contributed by atoms with Gasteiger partial charge in [0, 0.05) is 13.0 Å². The van der Waals surface area contributed by atoms with E-state index in [9.17, 15) is 4.79 Å². The standard InChI is InChI=1S/C25H26O5/c26-16-4-7-19-8-12-22(13-9-19)30-24-17-20(11-15-25(27)28)10-14-23(24)29-18-21-5-2-1-3-6-21/h1-3,5-6,8-10,12-14,17,26H,4,7,11,15-16,18H2,(H,27,28). The molecule has 0 saturated carbocycles. The first kappa shape index (κ1) is 21.4. The van der Waals surface area contributed by atoms with Gasteiger partial charge in [0.25, 0.3) is 0 Å². The summed E-state index contributed by atoms with van der Waals surface area (Å²) in [6.07, 6.45) is 2.02. The van der Waals surface area contributed by atoms with Gasteiger partial charge >= 0.3 is 5.97 Å². The van der Waals surface area contributed by atoms with Gasteiger partial charge in [-0.15, -0.1) is 0 Å². The third kappa shape index (κ3) is 6.64. The highest BCUT2D eigenvalue weighted by atomic mass is 16.5. The second-order valence-corrected chi connectivity index (χ2v) is 7.02. The number of hydrogen-bond acceptors (Lipinski definition) is 4. The smallest absolute Gasteiger partial charge is 0.303 e. The van der Waals surface area contributed by atoms with Gasteiger partial charge in [0.15, 0.2) is 11.5 Å². The zero-order valence-corrected chi connectivity index (χ0v) is 16.8. The molecule has 30 heavy (non-hydrogen) atoms. The Kier molecular flexibility index (Phi) is 7.86. The number of ether oxygens (including phenoxy) is 2. The molecule has 0 saturated heterocycles. The predicted molar refractivity (Wildman–Crippen MR) is 115 cm³/mol. The van der Waals surface area contributed by atoms with Gasteiger partial charge in [-0.2, -0.15) is 0 Å². The first-order valence-electron chi connectivity index (χ1n) is 10.0. The van der Waals surface area contributed by atoms with Crippen molar-refractivity contribution in [1.82, 2.24) is 0 Å². The number of carboxylic acid groups (broad SMARTS) is 1. The minimum Gasteiger partial charge on any atom is -0.485 e. The fourth-order valence-electron chi connectivity index (χ4n) is 3.03. The number of aliphatic hydroxyl groups excluding tert-OH is 1. The van der Waals surface area contributed by atoms with Gasteiger partial charge in [0.1, 0.15) is 12.4 Å². The molecule has 0 spiro atoms. The third-order valence-corrected chi connectivity index (χ3v) is 4.65. The molecular formula is C25H26O5. The van der Waals surface area contributed by atoms with Gasteiger partial charge in [-0.25, -0.2) is 0 Å². The minimum absolute atomic E-state index is 0.0587. The van der Waals surface area contributed by atoms with E-state index in [1.54, 1.807) is 0 Å². The van der Waals surface area contributed by atoms with Gasteiger partial charge in [0.2, 0.25) is 0 Å². The monoisotopic (exact) mass is 406 g/mol. The Morgan fingerprint density at radius 2 is 1.53 bits per heavy atom. The van der Waals surface area contributed by atoms with E-state index in [-0.39, 0.29) is 13.0 Å². The molecule has 3 rings (SSSR count). The molecule has 0 unspecified atom stereocenters. The largest absolute Gasteiger partial charge is 0.485 e. The van der Waals surface area contributed by atoms with Crippen LogP contribution >= 0.6 is 0 Å². The summed E-state index contributed by atoms with van der Waals surface area (Å²) in [6, 6.07) is 23.1. The van der Waals surface area contributed by atoms with E-state index in [0.29, 0.717) is 30.3 Å². The van der Waals surface area contributed by atoms with Gasteiger partial charge in [-0.05, 0) is 60.2 Å². The van der Waals surface area contributed by atoms with Crippen molar-refractivity contribution in [2.45, 2.75) is 32.3 Å². The molecule has 0 bridgehead atoms. The Balaban J connectivity index is 1.77. The molecule has 5 nitrogen and oxygen atoms in total. The lowest BCUT2D eigenvalue weighted by molar-refractivity contribution is -0.136. The summed E-state index contributed by atoms with van der Waals surface area (Å²) in [6.45, 7) is 0.579. The molecule has 0 aliphatic carbocycles. The number of rotatable bonds is 11. The number of hydrogen-bond donors (Lipinski definition) is 2. The number of carboxylic acids is 1. The SMILES string of the molecule is O=C(O)CCc1ccc(OCc2ccccc2)c(Oc2ccc(CCCO)cc2)c1. The lowest BCUT2D eigenvalue weighted by Crippen LogP contribution is -2.00. The number of carbonyl (C=O) groups is 1. The maximum absolute atomic E-state index is 10.9. The van der Waals surface area contributed by atoms with Crippen LogP contribution < -0.4 is 9.47 Å². The topological polar surface area (TPSA) is 76.0 Å². The van der Waals surface area contributed by atoms with Crippen LogP contribution in [0.2, 0.25) is 0 Å². The second kappa shape index (κ2) is 11.0. The average molecular weight is 406 g/mol. The summed E-state index contributed by atoms with van der Waals surface area (Å²) in [4.78, 5) is 10.9. The second-order valence-electron chi connectivity index (χ2n) is 7.02. The first-order valence-corrected chi connectivity index (χ1v) is 10.0. The Bertz CT molecular complexity index is 936. The highest BCUT2D eigenvalue weighted by Crippen LogP contribution is 2.34. The number of aliphatic carboxylic acids is 1. The van der Waals surface area contributed by atoms with Crippen LogP contribution in [0.3, 0.4) is 0 Å². The maximum atomic E-state index is 10.9. The molecule has 0 aromatic heterocycles. The Labute approximate surface area is 176 Å². The molecule has 2 N–H and O–H groups in total. The zero-order chi connectivity index (χ0) is 21.2. The number of aliphatic hydroxyl groups is 1. The summed E-state index contributed by atoms with van der Waals surface area (Å²) < 4.78 is 12.1. The van der Waals surface area contributed by atoms with E-state index < -0.39 is 5.97 Å². The molecule has 5 heteroatoms. The molecule has 0 fully saturated rings. The van der Waals surface area contributed by atoms with E-state index in [1.807, 2.05) is 72.8 Å². The van der Waals surface area contributed by atoms with Crippen LogP contribution in [0.4, 0.5) is 0 Å². The van der Waals surface area contributed by atoms with Crippen LogP contribution in [0.15, 0.2) is 72.8 Å². The fourth-order valence-corrected chi connectivity index (χ4v) is 3.03. The summed E-state index contributed by atoms with van der Waals surface area (Å²) in [5.74, 6) is 0.988. The molecule has 3 aromatic carbocycles. The van der Waals surface area contributed by atoms with Gasteiger partial charge in [-0.1, -0.05) is 48.5 Å². The normalized spacial score (nSPS) is 10.6. The summed E-state index contributed by atoms with van der Waals surface area (Å²) in [5, 5.41) is 17.9. The fraction of sp³-hybridized carbons (Fsp3) is 0.240. The highest BCUT2D eigenvalue weighted by Gasteiger charge is 2.10. The molecule has 0 heterocycles.